The summed E-state index contributed by atoms with van der Waals surface area (Å²) in [5, 5.41) is 6.09. The summed E-state index contributed by atoms with van der Waals surface area (Å²) < 4.78 is 68.6. The molecule has 0 radical (unpaired) electrons. The van der Waals surface area contributed by atoms with E-state index in [0.29, 0.717) is 22.5 Å². The number of rotatable bonds is 7. The molecule has 13 heteroatoms. The third kappa shape index (κ3) is 5.21. The van der Waals surface area contributed by atoms with Crippen molar-refractivity contribution in [1.29, 1.82) is 0 Å². The molecule has 0 unspecified atom stereocenters. The Morgan fingerprint density at radius 1 is 1.10 bits per heavy atom. The van der Waals surface area contributed by atoms with Crippen LogP contribution in [0.1, 0.15) is 21.6 Å². The molecule has 0 aliphatic carbocycles. The number of hydrogen-bond donors (Lipinski definition) is 2. The number of nitrogen functional groups attached to an aromatic ring is 1. The summed E-state index contributed by atoms with van der Waals surface area (Å²) in [5.74, 6) is -1.51. The van der Waals surface area contributed by atoms with E-state index in [4.69, 9.17) is 15.2 Å². The van der Waals surface area contributed by atoms with Crippen LogP contribution in [-0.4, -0.2) is 51.9 Å². The minimum absolute atomic E-state index is 0.0662. The van der Waals surface area contributed by atoms with Gasteiger partial charge in [-0.3, -0.25) is 9.69 Å². The molecule has 9 nitrogen and oxygen atoms in total. The first-order chi connectivity index (χ1) is 19.6. The highest BCUT2D eigenvalue weighted by molar-refractivity contribution is 6.05. The Labute approximate surface area is 231 Å². The van der Waals surface area contributed by atoms with Crippen molar-refractivity contribution in [1.82, 2.24) is 19.7 Å². The number of alkyl halides is 3. The van der Waals surface area contributed by atoms with Gasteiger partial charge >= 0.3 is 6.18 Å². The first-order valence-corrected chi connectivity index (χ1v) is 12.6. The van der Waals surface area contributed by atoms with Gasteiger partial charge in [0.1, 0.15) is 11.6 Å². The Balaban J connectivity index is 1.19. The average molecular weight is 569 g/mol. The van der Waals surface area contributed by atoms with E-state index in [9.17, 15) is 18.0 Å². The molecule has 0 saturated carbocycles. The van der Waals surface area contributed by atoms with E-state index in [0.717, 1.165) is 38.6 Å². The molecular formula is C28H24F4N6O3. The zero-order valence-electron chi connectivity index (χ0n) is 21.5. The Bertz CT molecular complexity index is 1600. The fourth-order valence-electron chi connectivity index (χ4n) is 5.09. The normalized spacial score (nSPS) is 16.2. The molecule has 0 atom stereocenters. The van der Waals surface area contributed by atoms with Crippen LogP contribution >= 0.6 is 0 Å². The number of halogens is 4. The van der Waals surface area contributed by atoms with E-state index in [2.05, 4.69) is 20.3 Å². The lowest BCUT2D eigenvalue weighted by atomic mass is 9.78. The van der Waals surface area contributed by atoms with Gasteiger partial charge in [0.25, 0.3) is 5.91 Å². The number of ether oxygens (including phenoxy) is 2. The number of para-hydroxylation sites is 1. The molecule has 2 aromatic heterocycles. The first-order valence-electron chi connectivity index (χ1n) is 12.6. The summed E-state index contributed by atoms with van der Waals surface area (Å²) in [5.41, 5.74) is 5.02. The van der Waals surface area contributed by atoms with Crippen molar-refractivity contribution in [2.75, 3.05) is 37.4 Å². The molecule has 2 aliphatic rings. The van der Waals surface area contributed by atoms with Gasteiger partial charge < -0.3 is 20.5 Å². The van der Waals surface area contributed by atoms with E-state index in [1.807, 2.05) is 0 Å². The second-order valence-corrected chi connectivity index (χ2v) is 10.2. The minimum Gasteiger partial charge on any atom is -0.454 e. The van der Waals surface area contributed by atoms with Crippen molar-refractivity contribution in [2.45, 2.75) is 12.7 Å². The molecule has 2 fully saturated rings. The Kier molecular flexibility index (Phi) is 6.62. The molecule has 3 N–H and O–H groups in total. The van der Waals surface area contributed by atoms with Crippen LogP contribution in [0.5, 0.6) is 11.5 Å². The van der Waals surface area contributed by atoms with Crippen molar-refractivity contribution >= 4 is 17.4 Å². The monoisotopic (exact) mass is 568 g/mol. The van der Waals surface area contributed by atoms with E-state index < -0.39 is 29.2 Å². The van der Waals surface area contributed by atoms with Crippen LogP contribution in [0.15, 0.2) is 67.0 Å². The summed E-state index contributed by atoms with van der Waals surface area (Å²) in [7, 11) is 0. The lowest BCUT2D eigenvalue weighted by Gasteiger charge is -2.55. The van der Waals surface area contributed by atoms with E-state index in [1.54, 1.807) is 24.3 Å². The molecule has 4 aromatic rings. The molecule has 2 aliphatic heterocycles. The van der Waals surface area contributed by atoms with Gasteiger partial charge in [-0.25, -0.2) is 14.1 Å². The number of nitrogens with zero attached hydrogens (tertiary/aromatic N) is 4. The molecule has 1 amide bonds. The molecular weight excluding hydrogens is 544 g/mol. The number of nitrogens with one attached hydrogen (secondary N) is 1. The number of benzene rings is 2. The average Bonchev–Trinajstić information content (AvgIpc) is 3.35. The summed E-state index contributed by atoms with van der Waals surface area (Å²) in [6.45, 7) is 3.63. The van der Waals surface area contributed by atoms with Crippen molar-refractivity contribution in [3.63, 3.8) is 0 Å². The van der Waals surface area contributed by atoms with Gasteiger partial charge in [0, 0.05) is 43.0 Å². The Hall–Kier alpha value is -4.49. The molecule has 212 valence electrons. The second-order valence-electron chi connectivity index (χ2n) is 10.2. The molecule has 6 rings (SSSR count). The van der Waals surface area contributed by atoms with Crippen LogP contribution in [0, 0.1) is 11.2 Å². The fourth-order valence-corrected chi connectivity index (χ4v) is 5.09. The zero-order valence-corrected chi connectivity index (χ0v) is 21.5. The van der Waals surface area contributed by atoms with Crippen molar-refractivity contribution in [3.05, 3.63) is 89.6 Å². The van der Waals surface area contributed by atoms with Gasteiger partial charge in [-0.15, -0.1) is 0 Å². The summed E-state index contributed by atoms with van der Waals surface area (Å²) in [6, 6.07) is 12.8. The maximum Gasteiger partial charge on any atom is 0.434 e. The van der Waals surface area contributed by atoms with Gasteiger partial charge in [0.05, 0.1) is 36.2 Å². The SMILES string of the molecule is Nc1nccc(Oc2ccc(NC(=O)c3cnn(-c4ccccc4)c3C(F)(F)F)cc2F)c1CN1CC2(COC2)C1. The third-order valence-corrected chi connectivity index (χ3v) is 7.06. The number of likely N-dealkylation sites (tertiary alicyclic amines) is 1. The van der Waals surface area contributed by atoms with Gasteiger partial charge in [0.15, 0.2) is 17.3 Å². The van der Waals surface area contributed by atoms with Crippen LogP contribution in [0.3, 0.4) is 0 Å². The number of hydrogen-bond acceptors (Lipinski definition) is 7. The number of amides is 1. The fraction of sp³-hybridized carbons (Fsp3) is 0.250. The minimum atomic E-state index is -4.88. The van der Waals surface area contributed by atoms with Crippen molar-refractivity contribution in [2.24, 2.45) is 5.41 Å². The van der Waals surface area contributed by atoms with Crippen LogP contribution in [0.2, 0.25) is 0 Å². The van der Waals surface area contributed by atoms with Gasteiger partial charge in [0.2, 0.25) is 0 Å². The summed E-state index contributed by atoms with van der Waals surface area (Å²) >= 11 is 0. The number of nitrogens with two attached hydrogens (primary N) is 1. The topological polar surface area (TPSA) is 108 Å². The molecule has 41 heavy (non-hydrogen) atoms. The van der Waals surface area contributed by atoms with Crippen molar-refractivity contribution < 1.29 is 31.8 Å². The second kappa shape index (κ2) is 10.2. The lowest BCUT2D eigenvalue weighted by molar-refractivity contribution is -0.191. The van der Waals surface area contributed by atoms with Crippen LogP contribution in [0.25, 0.3) is 5.69 Å². The van der Waals surface area contributed by atoms with Gasteiger partial charge in [-0.2, -0.15) is 18.3 Å². The number of anilines is 2. The smallest absolute Gasteiger partial charge is 0.434 e. The predicted octanol–water partition coefficient (Wildman–Crippen LogP) is 4.88. The quantitative estimate of drug-likeness (QED) is 0.306. The number of pyridine rings is 1. The highest BCUT2D eigenvalue weighted by atomic mass is 19.4. The lowest BCUT2D eigenvalue weighted by Crippen LogP contribution is -2.65. The zero-order chi connectivity index (χ0) is 28.8. The third-order valence-electron chi connectivity index (χ3n) is 7.06. The first kappa shape index (κ1) is 26.7. The summed E-state index contributed by atoms with van der Waals surface area (Å²) in [6.07, 6.45) is -2.60. The molecule has 1 spiro atoms. The van der Waals surface area contributed by atoms with Gasteiger partial charge in [-0.1, -0.05) is 18.2 Å². The van der Waals surface area contributed by atoms with E-state index >= 15 is 4.39 Å². The Morgan fingerprint density at radius 2 is 1.85 bits per heavy atom. The maximum atomic E-state index is 15.1. The maximum absolute atomic E-state index is 15.1. The standard InChI is InChI=1S/C28H24F4N6O3/c29-21-10-17(36-26(39)19-11-35-38(24(19)28(30,31)32)18-4-2-1-3-5-18)6-7-23(21)41-22-8-9-34-25(33)20(22)12-37-13-27(14-37)15-40-16-27/h1-11H,12-16H2,(H2,33,34)(H,36,39). The molecule has 2 saturated heterocycles. The molecule has 2 aromatic carbocycles. The van der Waals surface area contributed by atoms with E-state index in [1.165, 1.54) is 30.5 Å². The highest BCUT2D eigenvalue weighted by Crippen LogP contribution is 2.40. The summed E-state index contributed by atoms with van der Waals surface area (Å²) in [4.78, 5) is 19.2. The van der Waals surface area contributed by atoms with Crippen LogP contribution < -0.4 is 15.8 Å². The predicted molar refractivity (Wildman–Crippen MR) is 140 cm³/mol. The van der Waals surface area contributed by atoms with Crippen LogP contribution in [-0.2, 0) is 17.5 Å². The highest BCUT2D eigenvalue weighted by Gasteiger charge is 2.49. The number of carbonyl (C=O) groups excluding carboxylic acids is 1. The number of carbonyl (C=O) groups is 1. The molecule has 0 bridgehead atoms. The number of aromatic nitrogens is 3. The Morgan fingerprint density at radius 3 is 2.51 bits per heavy atom. The van der Waals surface area contributed by atoms with E-state index in [-0.39, 0.29) is 28.4 Å². The largest absolute Gasteiger partial charge is 0.454 e. The molecule has 4 heterocycles. The van der Waals surface area contributed by atoms with Crippen molar-refractivity contribution in [3.8, 4) is 17.2 Å². The van der Waals surface area contributed by atoms with Crippen LogP contribution in [0.4, 0.5) is 29.1 Å². The van der Waals surface area contributed by atoms with Gasteiger partial charge in [-0.05, 0) is 30.3 Å².